The molecule has 1 aromatic rings. The van der Waals surface area contributed by atoms with E-state index >= 15 is 0 Å². The Morgan fingerprint density at radius 3 is 2.46 bits per heavy atom. The molecule has 0 amide bonds. The second-order valence-electron chi connectivity index (χ2n) is 6.47. The normalized spacial score (nSPS) is 14.4. The fourth-order valence-electron chi connectivity index (χ4n) is 3.09. The number of hydrogen-bond donors (Lipinski definition) is 1. The van der Waals surface area contributed by atoms with Crippen molar-refractivity contribution < 1.29 is 9.53 Å². The zero-order valence-corrected chi connectivity index (χ0v) is 19.3. The molecule has 0 unspecified atom stereocenters. The Morgan fingerprint density at radius 2 is 1.82 bits per heavy atom. The SMILES string of the molecule is CCOC(=O)CCCCCCNC(=NC)N1CCN(c2ncccn2)CC1.I. The monoisotopic (exact) mass is 504 g/mol. The first-order valence-corrected chi connectivity index (χ1v) is 9.87. The molecule has 158 valence electrons. The number of nitrogens with zero attached hydrogens (tertiary/aromatic N) is 5. The zero-order chi connectivity index (χ0) is 19.3. The van der Waals surface area contributed by atoms with Gasteiger partial charge in [0.25, 0.3) is 0 Å². The van der Waals surface area contributed by atoms with Crippen molar-refractivity contribution in [3.8, 4) is 0 Å². The molecule has 0 aromatic carbocycles. The Morgan fingerprint density at radius 1 is 1.14 bits per heavy atom. The molecule has 2 rings (SSSR count). The summed E-state index contributed by atoms with van der Waals surface area (Å²) in [5.74, 6) is 1.66. The van der Waals surface area contributed by atoms with E-state index in [1.165, 1.54) is 0 Å². The van der Waals surface area contributed by atoms with Crippen LogP contribution in [0.5, 0.6) is 0 Å². The summed E-state index contributed by atoms with van der Waals surface area (Å²) >= 11 is 0. The number of nitrogens with one attached hydrogen (secondary N) is 1. The van der Waals surface area contributed by atoms with Crippen LogP contribution in [0.2, 0.25) is 0 Å². The number of esters is 1. The number of carbonyl (C=O) groups is 1. The van der Waals surface area contributed by atoms with Gasteiger partial charge in [0, 0.05) is 58.6 Å². The topological polar surface area (TPSA) is 83.0 Å². The maximum atomic E-state index is 11.3. The lowest BCUT2D eigenvalue weighted by atomic mass is 10.1. The first kappa shape index (κ1) is 24.4. The summed E-state index contributed by atoms with van der Waals surface area (Å²) in [5, 5.41) is 3.45. The minimum absolute atomic E-state index is 0. The summed E-state index contributed by atoms with van der Waals surface area (Å²) in [6.07, 6.45) is 8.20. The lowest BCUT2D eigenvalue weighted by Crippen LogP contribution is -2.53. The van der Waals surface area contributed by atoms with Gasteiger partial charge >= 0.3 is 5.97 Å². The summed E-state index contributed by atoms with van der Waals surface area (Å²) in [4.78, 5) is 28.8. The first-order chi connectivity index (χ1) is 13.2. The Hall–Kier alpha value is -1.65. The number of carbonyl (C=O) groups excluding carboxylic acids is 1. The van der Waals surface area contributed by atoms with E-state index in [0.717, 1.165) is 70.3 Å². The third-order valence-corrected chi connectivity index (χ3v) is 4.52. The van der Waals surface area contributed by atoms with Crippen molar-refractivity contribution in [2.24, 2.45) is 4.99 Å². The summed E-state index contributed by atoms with van der Waals surface area (Å²) < 4.78 is 4.93. The van der Waals surface area contributed by atoms with Crippen LogP contribution in [0.4, 0.5) is 5.95 Å². The van der Waals surface area contributed by atoms with Gasteiger partial charge in [0.2, 0.25) is 5.95 Å². The second kappa shape index (κ2) is 14.4. The van der Waals surface area contributed by atoms with Crippen molar-refractivity contribution in [1.29, 1.82) is 0 Å². The largest absolute Gasteiger partial charge is 0.466 e. The highest BCUT2D eigenvalue weighted by molar-refractivity contribution is 14.0. The molecule has 1 aliphatic rings. The molecule has 2 heterocycles. The Kier molecular flexibility index (Phi) is 12.5. The molecule has 0 saturated carbocycles. The van der Waals surface area contributed by atoms with Crippen LogP contribution in [0.1, 0.15) is 39.0 Å². The summed E-state index contributed by atoms with van der Waals surface area (Å²) in [7, 11) is 1.83. The van der Waals surface area contributed by atoms with E-state index in [-0.39, 0.29) is 29.9 Å². The molecule has 8 nitrogen and oxygen atoms in total. The zero-order valence-electron chi connectivity index (χ0n) is 17.0. The van der Waals surface area contributed by atoms with Crippen molar-refractivity contribution in [2.75, 3.05) is 51.3 Å². The third kappa shape index (κ3) is 8.57. The number of anilines is 1. The number of unbranched alkanes of at least 4 members (excludes halogenated alkanes) is 3. The minimum atomic E-state index is -0.0870. The Balaban J connectivity index is 0.00000392. The van der Waals surface area contributed by atoms with E-state index in [2.05, 4.69) is 30.1 Å². The van der Waals surface area contributed by atoms with Gasteiger partial charge < -0.3 is 19.9 Å². The van der Waals surface area contributed by atoms with Gasteiger partial charge in [0.15, 0.2) is 5.96 Å². The fraction of sp³-hybridized carbons (Fsp3) is 0.684. The Bertz CT molecular complexity index is 579. The van der Waals surface area contributed by atoms with Crippen LogP contribution < -0.4 is 10.2 Å². The number of rotatable bonds is 9. The number of ether oxygens (including phenoxy) is 1. The standard InChI is InChI=1S/C19H32N6O2.HI/c1-3-27-17(26)9-6-4-5-7-10-21-18(20-2)24-13-15-25(16-14-24)19-22-11-8-12-23-19;/h8,11-12H,3-7,9-10,13-16H2,1-2H3,(H,20,21);1H. The average Bonchev–Trinajstić information content (AvgIpc) is 2.71. The van der Waals surface area contributed by atoms with Crippen LogP contribution in [-0.2, 0) is 9.53 Å². The highest BCUT2D eigenvalue weighted by Gasteiger charge is 2.20. The van der Waals surface area contributed by atoms with E-state index in [0.29, 0.717) is 13.0 Å². The van der Waals surface area contributed by atoms with Crippen LogP contribution in [0.3, 0.4) is 0 Å². The van der Waals surface area contributed by atoms with Crippen molar-refractivity contribution in [1.82, 2.24) is 20.2 Å². The lowest BCUT2D eigenvalue weighted by Gasteiger charge is -2.36. The maximum Gasteiger partial charge on any atom is 0.305 e. The number of aliphatic imine (C=N–C) groups is 1. The van der Waals surface area contributed by atoms with Crippen LogP contribution in [-0.4, -0.2) is 73.2 Å². The lowest BCUT2D eigenvalue weighted by molar-refractivity contribution is -0.143. The highest BCUT2D eigenvalue weighted by atomic mass is 127. The van der Waals surface area contributed by atoms with Gasteiger partial charge in [-0.3, -0.25) is 9.79 Å². The van der Waals surface area contributed by atoms with Gasteiger partial charge in [0.1, 0.15) is 0 Å². The van der Waals surface area contributed by atoms with E-state index in [4.69, 9.17) is 4.74 Å². The van der Waals surface area contributed by atoms with Crippen molar-refractivity contribution >= 4 is 41.9 Å². The molecule has 1 N–H and O–H groups in total. The van der Waals surface area contributed by atoms with Gasteiger partial charge in [-0.1, -0.05) is 12.8 Å². The van der Waals surface area contributed by atoms with E-state index < -0.39 is 0 Å². The van der Waals surface area contributed by atoms with Crippen molar-refractivity contribution in [2.45, 2.75) is 39.0 Å². The number of piperazine rings is 1. The molecule has 0 radical (unpaired) electrons. The molecule has 0 atom stereocenters. The van der Waals surface area contributed by atoms with E-state index in [1.54, 1.807) is 12.4 Å². The van der Waals surface area contributed by atoms with E-state index in [1.807, 2.05) is 20.0 Å². The summed E-state index contributed by atoms with van der Waals surface area (Å²) in [6, 6.07) is 1.84. The molecule has 1 aliphatic heterocycles. The predicted octanol–water partition coefficient (Wildman–Crippen LogP) is 2.31. The summed E-state index contributed by atoms with van der Waals surface area (Å²) in [5.41, 5.74) is 0. The first-order valence-electron chi connectivity index (χ1n) is 9.87. The van der Waals surface area contributed by atoms with Crippen molar-refractivity contribution in [3.05, 3.63) is 18.5 Å². The van der Waals surface area contributed by atoms with Gasteiger partial charge in [-0.25, -0.2) is 9.97 Å². The van der Waals surface area contributed by atoms with Gasteiger partial charge in [0.05, 0.1) is 6.61 Å². The number of aromatic nitrogens is 2. The van der Waals surface area contributed by atoms with Crippen LogP contribution in [0.15, 0.2) is 23.5 Å². The fourth-order valence-corrected chi connectivity index (χ4v) is 3.09. The number of guanidine groups is 1. The molecular formula is C19H33IN6O2. The van der Waals surface area contributed by atoms with E-state index in [9.17, 15) is 4.79 Å². The smallest absolute Gasteiger partial charge is 0.305 e. The average molecular weight is 504 g/mol. The molecule has 1 saturated heterocycles. The minimum Gasteiger partial charge on any atom is -0.466 e. The van der Waals surface area contributed by atoms with Crippen LogP contribution >= 0.6 is 24.0 Å². The van der Waals surface area contributed by atoms with Crippen LogP contribution in [0, 0.1) is 0 Å². The number of halogens is 1. The van der Waals surface area contributed by atoms with Crippen molar-refractivity contribution in [3.63, 3.8) is 0 Å². The Labute approximate surface area is 185 Å². The van der Waals surface area contributed by atoms with Gasteiger partial charge in [-0.2, -0.15) is 0 Å². The predicted molar refractivity (Wildman–Crippen MR) is 122 cm³/mol. The van der Waals surface area contributed by atoms with Crippen LogP contribution in [0.25, 0.3) is 0 Å². The third-order valence-electron chi connectivity index (χ3n) is 4.52. The molecule has 9 heteroatoms. The second-order valence-corrected chi connectivity index (χ2v) is 6.47. The molecule has 0 bridgehead atoms. The van der Waals surface area contributed by atoms with Gasteiger partial charge in [-0.05, 0) is 25.8 Å². The molecular weight excluding hydrogens is 471 g/mol. The molecule has 1 aromatic heterocycles. The molecule has 1 fully saturated rings. The molecule has 0 aliphatic carbocycles. The molecule has 0 spiro atoms. The van der Waals surface area contributed by atoms with Gasteiger partial charge in [-0.15, -0.1) is 24.0 Å². The highest BCUT2D eigenvalue weighted by Crippen LogP contribution is 2.10. The maximum absolute atomic E-state index is 11.3. The summed E-state index contributed by atoms with van der Waals surface area (Å²) in [6.45, 7) is 6.78. The molecule has 28 heavy (non-hydrogen) atoms. The quantitative estimate of drug-likeness (QED) is 0.182. The number of hydrogen-bond acceptors (Lipinski definition) is 6.